The Kier molecular flexibility index (Phi) is 5.22. The highest BCUT2D eigenvalue weighted by Crippen LogP contribution is 2.38. The Balaban J connectivity index is 1.96. The van der Waals surface area contributed by atoms with E-state index >= 15 is 0 Å². The summed E-state index contributed by atoms with van der Waals surface area (Å²) in [5, 5.41) is 0. The zero-order valence-electron chi connectivity index (χ0n) is 16.1. The number of hydrogen-bond acceptors (Lipinski definition) is 3. The van der Waals surface area contributed by atoms with Crippen molar-refractivity contribution in [3.05, 3.63) is 92.6 Å². The molecule has 140 valence electrons. The molecule has 0 aliphatic carbocycles. The number of methoxy groups -OCH3 is 1. The first-order chi connectivity index (χ1) is 13.6. The zero-order chi connectivity index (χ0) is 19.7. The smallest absolute Gasteiger partial charge is 0.140 e. The predicted molar refractivity (Wildman–Crippen MR) is 126 cm³/mol. The molecule has 0 bridgehead atoms. The van der Waals surface area contributed by atoms with Crippen molar-refractivity contribution in [1.82, 2.24) is 0 Å². The van der Waals surface area contributed by atoms with E-state index in [1.807, 2.05) is 24.3 Å². The number of rotatable bonds is 3. The van der Waals surface area contributed by atoms with Crippen molar-refractivity contribution in [2.45, 2.75) is 6.92 Å². The Hall–Kier alpha value is -2.60. The molecule has 4 heteroatoms. The van der Waals surface area contributed by atoms with Crippen LogP contribution in [-0.2, 0) is 0 Å². The Morgan fingerprint density at radius 1 is 1.00 bits per heavy atom. The van der Waals surface area contributed by atoms with Crippen molar-refractivity contribution >= 4 is 45.9 Å². The topological polar surface area (TPSA) is 24.8 Å². The molecule has 3 nitrogen and oxygen atoms in total. The molecule has 0 fully saturated rings. The molecule has 0 unspecified atom stereocenters. The molecular weight excluding hydrogens is 459 g/mol. The molecule has 0 spiro atoms. The van der Waals surface area contributed by atoms with Gasteiger partial charge in [0.25, 0.3) is 0 Å². The van der Waals surface area contributed by atoms with E-state index in [4.69, 9.17) is 9.73 Å². The molecule has 0 saturated carbocycles. The quantitative estimate of drug-likeness (QED) is 0.430. The SMILES string of the molecule is COc1ccc2c(c1)/C(=C/c1c(C)cccc1I)N=C(c1ccccc1)N2C. The van der Waals surface area contributed by atoms with Gasteiger partial charge in [0.05, 0.1) is 18.5 Å². The number of halogens is 1. The van der Waals surface area contributed by atoms with Crippen LogP contribution in [0, 0.1) is 10.5 Å². The van der Waals surface area contributed by atoms with Gasteiger partial charge >= 0.3 is 0 Å². The highest BCUT2D eigenvalue weighted by Gasteiger charge is 2.23. The average Bonchev–Trinajstić information content (AvgIpc) is 2.72. The largest absolute Gasteiger partial charge is 0.497 e. The van der Waals surface area contributed by atoms with Crippen molar-refractivity contribution in [3.8, 4) is 5.75 Å². The van der Waals surface area contributed by atoms with E-state index < -0.39 is 0 Å². The lowest BCUT2D eigenvalue weighted by Gasteiger charge is -2.29. The molecule has 0 N–H and O–H groups in total. The van der Waals surface area contributed by atoms with Crippen molar-refractivity contribution in [1.29, 1.82) is 0 Å². The number of hydrogen-bond donors (Lipinski definition) is 0. The highest BCUT2D eigenvalue weighted by atomic mass is 127. The van der Waals surface area contributed by atoms with Crippen molar-refractivity contribution in [3.63, 3.8) is 0 Å². The number of aryl methyl sites for hydroxylation is 1. The lowest BCUT2D eigenvalue weighted by Crippen LogP contribution is -2.30. The van der Waals surface area contributed by atoms with Crippen LogP contribution in [0.25, 0.3) is 11.8 Å². The van der Waals surface area contributed by atoms with Crippen LogP contribution in [0.2, 0.25) is 0 Å². The molecule has 4 rings (SSSR count). The minimum absolute atomic E-state index is 0.830. The minimum atomic E-state index is 0.830. The maximum absolute atomic E-state index is 5.48. The van der Waals surface area contributed by atoms with Crippen LogP contribution >= 0.6 is 22.6 Å². The van der Waals surface area contributed by atoms with Gasteiger partial charge < -0.3 is 9.64 Å². The van der Waals surface area contributed by atoms with Crippen LogP contribution in [0.15, 0.2) is 71.7 Å². The molecule has 1 aliphatic rings. The molecule has 0 amide bonds. The summed E-state index contributed by atoms with van der Waals surface area (Å²) in [6, 6.07) is 22.8. The van der Waals surface area contributed by atoms with E-state index in [0.29, 0.717) is 0 Å². The fraction of sp³-hybridized carbons (Fsp3) is 0.125. The number of amidine groups is 1. The van der Waals surface area contributed by atoms with Gasteiger partial charge in [0.15, 0.2) is 0 Å². The summed E-state index contributed by atoms with van der Waals surface area (Å²) in [6.45, 7) is 2.14. The van der Waals surface area contributed by atoms with Crippen molar-refractivity contribution in [2.24, 2.45) is 4.99 Å². The van der Waals surface area contributed by atoms with Gasteiger partial charge in [-0.05, 0) is 71.0 Å². The number of nitrogens with zero attached hydrogens (tertiary/aromatic N) is 2. The Morgan fingerprint density at radius 2 is 1.79 bits per heavy atom. The van der Waals surface area contributed by atoms with E-state index in [9.17, 15) is 0 Å². The Morgan fingerprint density at radius 3 is 2.50 bits per heavy atom. The second-order valence-electron chi connectivity index (χ2n) is 6.74. The van der Waals surface area contributed by atoms with Gasteiger partial charge in [-0.15, -0.1) is 0 Å². The van der Waals surface area contributed by atoms with Crippen LogP contribution < -0.4 is 9.64 Å². The highest BCUT2D eigenvalue weighted by molar-refractivity contribution is 14.1. The predicted octanol–water partition coefficient (Wildman–Crippen LogP) is 6.00. The van der Waals surface area contributed by atoms with Crippen molar-refractivity contribution < 1.29 is 4.74 Å². The van der Waals surface area contributed by atoms with Gasteiger partial charge in [-0.3, -0.25) is 0 Å². The van der Waals surface area contributed by atoms with Crippen LogP contribution in [0.5, 0.6) is 5.75 Å². The van der Waals surface area contributed by atoms with Gasteiger partial charge in [-0.25, -0.2) is 4.99 Å². The van der Waals surface area contributed by atoms with Crippen LogP contribution in [0.4, 0.5) is 5.69 Å². The zero-order valence-corrected chi connectivity index (χ0v) is 18.3. The van der Waals surface area contributed by atoms with E-state index in [-0.39, 0.29) is 0 Å². The van der Waals surface area contributed by atoms with Gasteiger partial charge in [-0.2, -0.15) is 0 Å². The van der Waals surface area contributed by atoms with E-state index in [0.717, 1.165) is 34.1 Å². The van der Waals surface area contributed by atoms with Gasteiger partial charge in [0.1, 0.15) is 11.6 Å². The number of aliphatic imine (C=N–C) groups is 1. The van der Waals surface area contributed by atoms with E-state index in [1.165, 1.54) is 14.7 Å². The van der Waals surface area contributed by atoms with Crippen LogP contribution in [0.3, 0.4) is 0 Å². The Labute approximate surface area is 179 Å². The summed E-state index contributed by atoms with van der Waals surface area (Å²) in [6.07, 6.45) is 2.19. The third kappa shape index (κ3) is 3.44. The molecule has 1 aliphatic heterocycles. The molecule has 0 saturated heterocycles. The maximum Gasteiger partial charge on any atom is 0.140 e. The number of ether oxygens (including phenoxy) is 1. The fourth-order valence-electron chi connectivity index (χ4n) is 3.42. The summed E-state index contributed by atoms with van der Waals surface area (Å²) in [5.74, 6) is 1.77. The van der Waals surface area contributed by atoms with Crippen molar-refractivity contribution in [2.75, 3.05) is 19.1 Å². The average molecular weight is 480 g/mol. The lowest BCUT2D eigenvalue weighted by atomic mass is 10.0. The minimum Gasteiger partial charge on any atom is -0.497 e. The third-order valence-corrected chi connectivity index (χ3v) is 5.91. The monoisotopic (exact) mass is 480 g/mol. The molecule has 0 aromatic heterocycles. The first-order valence-corrected chi connectivity index (χ1v) is 10.2. The van der Waals surface area contributed by atoms with E-state index in [1.54, 1.807) is 7.11 Å². The molecule has 3 aromatic carbocycles. The van der Waals surface area contributed by atoms with Gasteiger partial charge in [0, 0.05) is 21.7 Å². The number of benzene rings is 3. The molecular formula is C24H21IN2O. The first kappa shape index (κ1) is 18.7. The molecule has 0 radical (unpaired) electrons. The normalized spacial score (nSPS) is 14.6. The van der Waals surface area contributed by atoms with E-state index in [2.05, 4.69) is 90.0 Å². The lowest BCUT2D eigenvalue weighted by molar-refractivity contribution is 0.414. The second kappa shape index (κ2) is 7.80. The third-order valence-electron chi connectivity index (χ3n) is 4.97. The Bertz CT molecular complexity index is 1070. The second-order valence-corrected chi connectivity index (χ2v) is 7.91. The molecule has 1 heterocycles. The molecule has 3 aromatic rings. The van der Waals surface area contributed by atoms with Crippen LogP contribution in [0.1, 0.15) is 22.3 Å². The summed E-state index contributed by atoms with van der Waals surface area (Å²) in [7, 11) is 3.76. The number of anilines is 1. The summed E-state index contributed by atoms with van der Waals surface area (Å²) in [5.41, 5.74) is 6.66. The number of fused-ring (bicyclic) bond motifs is 1. The molecule has 0 atom stereocenters. The summed E-state index contributed by atoms with van der Waals surface area (Å²) in [4.78, 5) is 7.22. The summed E-state index contributed by atoms with van der Waals surface area (Å²) < 4.78 is 6.69. The summed E-state index contributed by atoms with van der Waals surface area (Å²) >= 11 is 2.39. The maximum atomic E-state index is 5.48. The molecule has 28 heavy (non-hydrogen) atoms. The standard InChI is InChI=1S/C24H21IN2O/c1-16-8-7-11-21(25)19(16)15-22-20-14-18(28-3)12-13-23(20)27(2)24(26-22)17-9-5-4-6-10-17/h4-15H,1-3H3/b22-15-. The first-order valence-electron chi connectivity index (χ1n) is 9.11. The van der Waals surface area contributed by atoms with Crippen LogP contribution in [-0.4, -0.2) is 20.0 Å². The van der Waals surface area contributed by atoms with Gasteiger partial charge in [0.2, 0.25) is 0 Å². The fourth-order valence-corrected chi connectivity index (χ4v) is 4.21. The van der Waals surface area contributed by atoms with Gasteiger partial charge in [-0.1, -0.05) is 42.5 Å².